The molecular formula is C16H10ClN5OS. The van der Waals surface area contributed by atoms with Crippen LogP contribution >= 0.6 is 22.9 Å². The SMILES string of the molecule is Cc1ncc(Cl)c(C(=O)Nc2nc(-c3cccc(C#N)c3)cs2)n1. The zero-order chi connectivity index (χ0) is 17.1. The second-order valence-corrected chi connectivity index (χ2v) is 6.06. The number of thiazole rings is 1. The van der Waals surface area contributed by atoms with Crippen LogP contribution in [0.15, 0.2) is 35.8 Å². The molecule has 8 heteroatoms. The van der Waals surface area contributed by atoms with Crippen LogP contribution in [0.2, 0.25) is 5.02 Å². The number of rotatable bonds is 3. The molecule has 0 fully saturated rings. The van der Waals surface area contributed by atoms with Gasteiger partial charge in [-0.3, -0.25) is 10.1 Å². The van der Waals surface area contributed by atoms with Crippen molar-refractivity contribution in [3.63, 3.8) is 0 Å². The second kappa shape index (κ2) is 6.74. The van der Waals surface area contributed by atoms with Crippen molar-refractivity contribution in [2.24, 2.45) is 0 Å². The largest absolute Gasteiger partial charge is 0.296 e. The molecule has 2 heterocycles. The molecule has 0 atom stereocenters. The molecule has 118 valence electrons. The molecule has 0 aliphatic rings. The first-order chi connectivity index (χ1) is 11.6. The lowest BCUT2D eigenvalue weighted by molar-refractivity contribution is 0.102. The van der Waals surface area contributed by atoms with E-state index in [1.54, 1.807) is 30.5 Å². The van der Waals surface area contributed by atoms with E-state index >= 15 is 0 Å². The number of hydrogen-bond acceptors (Lipinski definition) is 6. The van der Waals surface area contributed by atoms with E-state index in [4.69, 9.17) is 16.9 Å². The number of benzene rings is 1. The first-order valence-electron chi connectivity index (χ1n) is 6.83. The van der Waals surface area contributed by atoms with Gasteiger partial charge in [-0.05, 0) is 19.1 Å². The van der Waals surface area contributed by atoms with Gasteiger partial charge in [-0.15, -0.1) is 11.3 Å². The monoisotopic (exact) mass is 355 g/mol. The van der Waals surface area contributed by atoms with Crippen molar-refractivity contribution in [3.05, 3.63) is 57.9 Å². The summed E-state index contributed by atoms with van der Waals surface area (Å²) in [6, 6.07) is 9.19. The molecule has 0 spiro atoms. The molecule has 24 heavy (non-hydrogen) atoms. The van der Waals surface area contributed by atoms with Gasteiger partial charge in [0.25, 0.3) is 5.91 Å². The maximum Gasteiger partial charge on any atom is 0.277 e. The summed E-state index contributed by atoms with van der Waals surface area (Å²) < 4.78 is 0. The molecule has 0 unspecified atom stereocenters. The summed E-state index contributed by atoms with van der Waals surface area (Å²) in [6.45, 7) is 1.68. The van der Waals surface area contributed by atoms with E-state index in [-0.39, 0.29) is 10.7 Å². The number of aryl methyl sites for hydroxylation is 1. The Bertz CT molecular complexity index is 963. The highest BCUT2D eigenvalue weighted by atomic mass is 35.5. The highest BCUT2D eigenvalue weighted by molar-refractivity contribution is 7.14. The van der Waals surface area contributed by atoms with Crippen LogP contribution in [-0.4, -0.2) is 20.9 Å². The molecule has 0 radical (unpaired) electrons. The molecule has 2 aromatic heterocycles. The van der Waals surface area contributed by atoms with Crippen LogP contribution < -0.4 is 5.32 Å². The van der Waals surface area contributed by atoms with Crippen LogP contribution in [0.4, 0.5) is 5.13 Å². The summed E-state index contributed by atoms with van der Waals surface area (Å²) in [5.74, 6) is 0.00914. The molecule has 1 amide bonds. The van der Waals surface area contributed by atoms with Crippen molar-refractivity contribution in [2.75, 3.05) is 5.32 Å². The van der Waals surface area contributed by atoms with Crippen molar-refractivity contribution in [3.8, 4) is 17.3 Å². The Morgan fingerprint density at radius 1 is 1.38 bits per heavy atom. The van der Waals surface area contributed by atoms with E-state index in [2.05, 4.69) is 26.3 Å². The standard InChI is InChI=1S/C16H10ClN5OS/c1-9-19-7-12(17)14(20-9)15(23)22-16-21-13(8-24-16)11-4-2-3-10(5-11)6-18/h2-5,7-8H,1H3,(H,21,22,23). The predicted molar refractivity (Wildman–Crippen MR) is 92.0 cm³/mol. The Balaban J connectivity index is 1.82. The van der Waals surface area contributed by atoms with E-state index < -0.39 is 5.91 Å². The third kappa shape index (κ3) is 3.40. The predicted octanol–water partition coefficient (Wildman–Crippen LogP) is 3.69. The fourth-order valence-corrected chi connectivity index (χ4v) is 2.87. The average Bonchev–Trinajstić information content (AvgIpc) is 3.05. The summed E-state index contributed by atoms with van der Waals surface area (Å²) in [5.41, 5.74) is 2.14. The smallest absolute Gasteiger partial charge is 0.277 e. The fraction of sp³-hybridized carbons (Fsp3) is 0.0625. The van der Waals surface area contributed by atoms with Crippen molar-refractivity contribution in [1.82, 2.24) is 15.0 Å². The first-order valence-corrected chi connectivity index (χ1v) is 8.09. The number of nitriles is 1. The van der Waals surface area contributed by atoms with Crippen molar-refractivity contribution < 1.29 is 4.79 Å². The molecule has 0 saturated heterocycles. The number of halogens is 1. The number of carbonyl (C=O) groups is 1. The number of aromatic nitrogens is 3. The zero-order valence-electron chi connectivity index (χ0n) is 12.4. The van der Waals surface area contributed by atoms with Gasteiger partial charge in [-0.2, -0.15) is 5.26 Å². The molecule has 0 aliphatic heterocycles. The van der Waals surface area contributed by atoms with Gasteiger partial charge in [0.05, 0.1) is 28.5 Å². The van der Waals surface area contributed by atoms with Gasteiger partial charge in [0.15, 0.2) is 10.8 Å². The van der Waals surface area contributed by atoms with Crippen LogP contribution in [0.1, 0.15) is 21.9 Å². The molecule has 3 aromatic rings. The molecular weight excluding hydrogens is 346 g/mol. The lowest BCUT2D eigenvalue weighted by Gasteiger charge is -2.03. The minimum atomic E-state index is -0.447. The van der Waals surface area contributed by atoms with Crippen molar-refractivity contribution >= 4 is 34.0 Å². The third-order valence-corrected chi connectivity index (χ3v) is 4.13. The van der Waals surface area contributed by atoms with E-state index in [1.807, 2.05) is 6.07 Å². The van der Waals surface area contributed by atoms with Gasteiger partial charge in [0.2, 0.25) is 0 Å². The summed E-state index contributed by atoms with van der Waals surface area (Å²) in [5, 5.41) is 14.0. The summed E-state index contributed by atoms with van der Waals surface area (Å²) in [6.07, 6.45) is 1.39. The van der Waals surface area contributed by atoms with Gasteiger partial charge < -0.3 is 0 Å². The molecule has 0 saturated carbocycles. The van der Waals surface area contributed by atoms with Crippen LogP contribution in [0, 0.1) is 18.3 Å². The Labute approximate surface area is 146 Å². The molecule has 0 aliphatic carbocycles. The van der Waals surface area contributed by atoms with Crippen LogP contribution in [0.3, 0.4) is 0 Å². The van der Waals surface area contributed by atoms with Crippen molar-refractivity contribution in [2.45, 2.75) is 6.92 Å². The number of anilines is 1. The van der Waals surface area contributed by atoms with E-state index in [0.717, 1.165) is 5.56 Å². The van der Waals surface area contributed by atoms with Crippen LogP contribution in [0.5, 0.6) is 0 Å². The zero-order valence-corrected chi connectivity index (χ0v) is 14.0. The normalized spacial score (nSPS) is 10.2. The first kappa shape index (κ1) is 16.1. The average molecular weight is 356 g/mol. The quantitative estimate of drug-likeness (QED) is 0.773. The minimum Gasteiger partial charge on any atom is -0.296 e. The molecule has 1 aromatic carbocycles. The van der Waals surface area contributed by atoms with Gasteiger partial charge in [-0.1, -0.05) is 23.7 Å². The van der Waals surface area contributed by atoms with Gasteiger partial charge in [-0.25, -0.2) is 15.0 Å². The summed E-state index contributed by atoms with van der Waals surface area (Å²) >= 11 is 7.24. The molecule has 6 nitrogen and oxygen atoms in total. The third-order valence-electron chi connectivity index (χ3n) is 3.09. The lowest BCUT2D eigenvalue weighted by atomic mass is 10.1. The Kier molecular flexibility index (Phi) is 4.51. The maximum atomic E-state index is 12.3. The number of amides is 1. The van der Waals surface area contributed by atoms with E-state index in [1.165, 1.54) is 17.5 Å². The maximum absolute atomic E-state index is 12.3. The Morgan fingerprint density at radius 2 is 2.21 bits per heavy atom. The van der Waals surface area contributed by atoms with Gasteiger partial charge in [0.1, 0.15) is 5.82 Å². The Hall–Kier alpha value is -2.82. The fourth-order valence-electron chi connectivity index (χ4n) is 1.98. The second-order valence-electron chi connectivity index (χ2n) is 4.80. The van der Waals surface area contributed by atoms with Crippen molar-refractivity contribution in [1.29, 1.82) is 5.26 Å². The lowest BCUT2D eigenvalue weighted by Crippen LogP contribution is -2.15. The Morgan fingerprint density at radius 3 is 3.00 bits per heavy atom. The van der Waals surface area contributed by atoms with E-state index in [9.17, 15) is 4.79 Å². The summed E-state index contributed by atoms with van der Waals surface area (Å²) in [4.78, 5) is 24.6. The molecule has 3 rings (SSSR count). The number of nitrogens with one attached hydrogen (secondary N) is 1. The number of nitrogens with zero attached hydrogens (tertiary/aromatic N) is 4. The minimum absolute atomic E-state index is 0.104. The van der Waals surface area contributed by atoms with Crippen LogP contribution in [-0.2, 0) is 0 Å². The van der Waals surface area contributed by atoms with Crippen LogP contribution in [0.25, 0.3) is 11.3 Å². The summed E-state index contributed by atoms with van der Waals surface area (Å²) in [7, 11) is 0. The highest BCUT2D eigenvalue weighted by Gasteiger charge is 2.15. The molecule has 1 N–H and O–H groups in total. The number of hydrogen-bond donors (Lipinski definition) is 1. The van der Waals surface area contributed by atoms with E-state index in [0.29, 0.717) is 22.2 Å². The van der Waals surface area contributed by atoms with Gasteiger partial charge in [0, 0.05) is 10.9 Å². The van der Waals surface area contributed by atoms with Gasteiger partial charge >= 0.3 is 0 Å². The molecule has 0 bridgehead atoms. The highest BCUT2D eigenvalue weighted by Crippen LogP contribution is 2.26. The number of carbonyl (C=O) groups excluding carboxylic acids is 1. The topological polar surface area (TPSA) is 91.6 Å².